The van der Waals surface area contributed by atoms with E-state index < -0.39 is 0 Å². The monoisotopic (exact) mass is 435 g/mol. The molecule has 0 spiro atoms. The molecule has 2 aromatic heterocycles. The fraction of sp³-hybridized carbons (Fsp3) is 0.350. The molecule has 0 bridgehead atoms. The summed E-state index contributed by atoms with van der Waals surface area (Å²) in [5, 5.41) is 0.447. The molecule has 3 aromatic rings. The molecule has 0 fully saturated rings. The molecule has 0 N–H and O–H groups in total. The summed E-state index contributed by atoms with van der Waals surface area (Å²) in [7, 11) is 4.82. The third-order valence-corrected chi connectivity index (χ3v) is 5.78. The van der Waals surface area contributed by atoms with Crippen molar-refractivity contribution in [3.63, 3.8) is 0 Å². The van der Waals surface area contributed by atoms with E-state index in [-0.39, 0.29) is 11.5 Å². The van der Waals surface area contributed by atoms with Crippen molar-refractivity contribution >= 4 is 39.7 Å². The van der Waals surface area contributed by atoms with Crippen molar-refractivity contribution in [1.29, 1.82) is 0 Å². The standard InChI is InChI=1S/C20H22ClN3O4S/c1-23(11-13-6-7-18(21)29-13)19(25)5-4-8-24-12-22-15-10-17(28-3)16(27-2)9-14(15)20(24)26/h6-7,9-10,12H,4-5,8,11H2,1-3H3. The van der Waals surface area contributed by atoms with Gasteiger partial charge in [0.15, 0.2) is 11.5 Å². The van der Waals surface area contributed by atoms with Gasteiger partial charge in [-0.25, -0.2) is 4.98 Å². The van der Waals surface area contributed by atoms with E-state index in [2.05, 4.69) is 4.98 Å². The van der Waals surface area contributed by atoms with Crippen molar-refractivity contribution in [3.05, 3.63) is 50.2 Å². The van der Waals surface area contributed by atoms with Crippen LogP contribution in [0.4, 0.5) is 0 Å². The van der Waals surface area contributed by atoms with E-state index in [0.717, 1.165) is 4.88 Å². The largest absolute Gasteiger partial charge is 0.493 e. The summed E-state index contributed by atoms with van der Waals surface area (Å²) in [6, 6.07) is 7.05. The van der Waals surface area contributed by atoms with Gasteiger partial charge in [0.05, 0.1) is 42.3 Å². The number of rotatable bonds is 8. The van der Waals surface area contributed by atoms with E-state index in [9.17, 15) is 9.59 Å². The van der Waals surface area contributed by atoms with Gasteiger partial charge in [0.1, 0.15) is 0 Å². The van der Waals surface area contributed by atoms with Crippen molar-refractivity contribution in [2.24, 2.45) is 0 Å². The van der Waals surface area contributed by atoms with Gasteiger partial charge < -0.3 is 14.4 Å². The minimum atomic E-state index is -0.176. The lowest BCUT2D eigenvalue weighted by Gasteiger charge is -2.16. The van der Waals surface area contributed by atoms with E-state index in [1.54, 1.807) is 24.1 Å². The predicted molar refractivity (Wildman–Crippen MR) is 114 cm³/mol. The quantitative estimate of drug-likeness (QED) is 0.540. The number of ether oxygens (including phenoxy) is 2. The molecule has 9 heteroatoms. The van der Waals surface area contributed by atoms with Gasteiger partial charge in [-0.2, -0.15) is 0 Å². The van der Waals surface area contributed by atoms with Gasteiger partial charge >= 0.3 is 0 Å². The van der Waals surface area contributed by atoms with Gasteiger partial charge in [-0.3, -0.25) is 14.2 Å². The zero-order chi connectivity index (χ0) is 21.0. The van der Waals surface area contributed by atoms with Crippen LogP contribution in [0.2, 0.25) is 4.34 Å². The molecule has 0 radical (unpaired) electrons. The number of nitrogens with zero attached hydrogens (tertiary/aromatic N) is 3. The minimum absolute atomic E-state index is 0.0164. The predicted octanol–water partition coefficient (Wildman–Crippen LogP) is 3.57. The highest BCUT2D eigenvalue weighted by molar-refractivity contribution is 7.16. The maximum Gasteiger partial charge on any atom is 0.261 e. The number of benzene rings is 1. The van der Waals surface area contributed by atoms with Crippen molar-refractivity contribution < 1.29 is 14.3 Å². The first-order valence-corrected chi connectivity index (χ1v) is 10.2. The zero-order valence-corrected chi connectivity index (χ0v) is 18.0. The third-order valence-electron chi connectivity index (χ3n) is 4.57. The van der Waals surface area contributed by atoms with E-state index in [4.69, 9.17) is 21.1 Å². The van der Waals surface area contributed by atoms with Crippen molar-refractivity contribution in [2.75, 3.05) is 21.3 Å². The fourth-order valence-corrected chi connectivity index (χ4v) is 4.14. The van der Waals surface area contributed by atoms with Crippen LogP contribution in [0.5, 0.6) is 11.5 Å². The van der Waals surface area contributed by atoms with Gasteiger partial charge in [0, 0.05) is 31.0 Å². The van der Waals surface area contributed by atoms with E-state index in [0.29, 0.717) is 52.7 Å². The molecule has 29 heavy (non-hydrogen) atoms. The van der Waals surface area contributed by atoms with Crippen LogP contribution < -0.4 is 15.0 Å². The Morgan fingerprint density at radius 2 is 1.97 bits per heavy atom. The highest BCUT2D eigenvalue weighted by Gasteiger charge is 2.13. The number of halogens is 1. The molecule has 0 atom stereocenters. The van der Waals surface area contributed by atoms with E-state index >= 15 is 0 Å². The van der Waals surface area contributed by atoms with E-state index in [1.165, 1.54) is 36.5 Å². The molecule has 0 aliphatic heterocycles. The van der Waals surface area contributed by atoms with Crippen LogP contribution in [0.3, 0.4) is 0 Å². The maximum absolute atomic E-state index is 12.8. The van der Waals surface area contributed by atoms with Crippen LogP contribution >= 0.6 is 22.9 Å². The Morgan fingerprint density at radius 3 is 2.62 bits per heavy atom. The highest BCUT2D eigenvalue weighted by Crippen LogP contribution is 2.29. The first-order valence-electron chi connectivity index (χ1n) is 9.02. The van der Waals surface area contributed by atoms with Crippen molar-refractivity contribution in [1.82, 2.24) is 14.5 Å². The molecule has 0 unspecified atom stereocenters. The molecule has 154 valence electrons. The maximum atomic E-state index is 12.8. The van der Waals surface area contributed by atoms with Gasteiger partial charge in [-0.05, 0) is 24.6 Å². The summed E-state index contributed by atoms with van der Waals surface area (Å²) in [6.07, 6.45) is 2.37. The van der Waals surface area contributed by atoms with Crippen LogP contribution in [0.1, 0.15) is 17.7 Å². The summed E-state index contributed by atoms with van der Waals surface area (Å²) < 4.78 is 12.7. The van der Waals surface area contributed by atoms with Crippen molar-refractivity contribution in [2.45, 2.75) is 25.9 Å². The average Bonchev–Trinajstić information content (AvgIpc) is 3.13. The number of fused-ring (bicyclic) bond motifs is 1. The van der Waals surface area contributed by atoms with Crippen LogP contribution in [-0.4, -0.2) is 41.6 Å². The molecule has 1 amide bonds. The SMILES string of the molecule is COc1cc2ncn(CCCC(=O)N(C)Cc3ccc(Cl)s3)c(=O)c2cc1OC. The second-order valence-electron chi connectivity index (χ2n) is 6.53. The molecule has 3 rings (SSSR count). The number of hydrogen-bond donors (Lipinski definition) is 0. The number of carbonyl (C=O) groups excluding carboxylic acids is 1. The lowest BCUT2D eigenvalue weighted by Crippen LogP contribution is -2.26. The summed E-state index contributed by atoms with van der Waals surface area (Å²) >= 11 is 7.39. The number of methoxy groups -OCH3 is 2. The van der Waals surface area contributed by atoms with Crippen LogP contribution in [0.15, 0.2) is 35.4 Å². The van der Waals surface area contributed by atoms with Crippen LogP contribution in [0.25, 0.3) is 10.9 Å². The Hall–Kier alpha value is -2.58. The number of aromatic nitrogens is 2. The Morgan fingerprint density at radius 1 is 1.24 bits per heavy atom. The number of aryl methyl sites for hydroxylation is 1. The van der Waals surface area contributed by atoms with Gasteiger partial charge in [-0.1, -0.05) is 11.6 Å². The zero-order valence-electron chi connectivity index (χ0n) is 16.5. The Balaban J connectivity index is 1.65. The smallest absolute Gasteiger partial charge is 0.261 e. The van der Waals surface area contributed by atoms with Crippen LogP contribution in [-0.2, 0) is 17.9 Å². The number of carbonyl (C=O) groups is 1. The van der Waals surface area contributed by atoms with Crippen LogP contribution in [0, 0.1) is 0 Å². The summed E-state index contributed by atoms with van der Waals surface area (Å²) in [6.45, 7) is 0.926. The molecular formula is C20H22ClN3O4S. The molecule has 0 saturated heterocycles. The topological polar surface area (TPSA) is 73.7 Å². The normalized spacial score (nSPS) is 10.9. The summed E-state index contributed by atoms with van der Waals surface area (Å²) in [5.41, 5.74) is 0.360. The lowest BCUT2D eigenvalue weighted by atomic mass is 10.2. The van der Waals surface area contributed by atoms with E-state index in [1.807, 2.05) is 12.1 Å². The fourth-order valence-electron chi connectivity index (χ4n) is 2.99. The number of hydrogen-bond acceptors (Lipinski definition) is 6. The second-order valence-corrected chi connectivity index (χ2v) is 8.33. The molecular weight excluding hydrogens is 414 g/mol. The van der Waals surface area contributed by atoms with Crippen molar-refractivity contribution in [3.8, 4) is 11.5 Å². The highest BCUT2D eigenvalue weighted by atomic mass is 35.5. The number of amides is 1. The molecule has 7 nitrogen and oxygen atoms in total. The first-order chi connectivity index (χ1) is 13.9. The average molecular weight is 436 g/mol. The lowest BCUT2D eigenvalue weighted by molar-refractivity contribution is -0.130. The summed E-state index contributed by atoms with van der Waals surface area (Å²) in [4.78, 5) is 32.2. The second kappa shape index (κ2) is 9.28. The summed E-state index contributed by atoms with van der Waals surface area (Å²) in [5.74, 6) is 1.01. The van der Waals surface area contributed by atoms with Gasteiger partial charge in [0.2, 0.25) is 5.91 Å². The molecule has 0 aliphatic carbocycles. The molecule has 0 aliphatic rings. The van der Waals surface area contributed by atoms with Gasteiger partial charge in [-0.15, -0.1) is 11.3 Å². The Kier molecular flexibility index (Phi) is 6.76. The molecule has 0 saturated carbocycles. The molecule has 2 heterocycles. The third kappa shape index (κ3) is 4.89. The number of thiophene rings is 1. The van der Waals surface area contributed by atoms with Gasteiger partial charge in [0.25, 0.3) is 5.56 Å². The Labute approximate surface area is 177 Å². The first kappa shape index (κ1) is 21.1. The minimum Gasteiger partial charge on any atom is -0.493 e. The molecule has 1 aromatic carbocycles. The Bertz CT molecular complexity index is 1080.